The topological polar surface area (TPSA) is 56.8 Å². The Morgan fingerprint density at radius 1 is 1.04 bits per heavy atom. The molecule has 122 valence electrons. The SMILES string of the molecule is COc1cc(NC(=O)c2cc(Br)ccc2F)cc(OC)c1OC. The molecule has 0 spiro atoms. The number of amides is 1. The highest BCUT2D eigenvalue weighted by molar-refractivity contribution is 9.10. The van der Waals surface area contributed by atoms with E-state index in [0.29, 0.717) is 27.4 Å². The van der Waals surface area contributed by atoms with Crippen LogP contribution in [-0.4, -0.2) is 27.2 Å². The number of halogens is 2. The number of nitrogens with one attached hydrogen (secondary N) is 1. The summed E-state index contributed by atoms with van der Waals surface area (Å²) in [6, 6.07) is 7.27. The summed E-state index contributed by atoms with van der Waals surface area (Å²) in [4.78, 5) is 12.3. The molecule has 0 saturated heterocycles. The van der Waals surface area contributed by atoms with E-state index in [-0.39, 0.29) is 5.56 Å². The molecule has 0 unspecified atom stereocenters. The minimum Gasteiger partial charge on any atom is -0.493 e. The van der Waals surface area contributed by atoms with Crippen LogP contribution in [0.5, 0.6) is 17.2 Å². The molecule has 0 radical (unpaired) electrons. The highest BCUT2D eigenvalue weighted by Gasteiger charge is 2.17. The van der Waals surface area contributed by atoms with E-state index in [1.165, 1.54) is 39.5 Å². The predicted octanol–water partition coefficient (Wildman–Crippen LogP) is 3.87. The standard InChI is InChI=1S/C16H15BrFNO4/c1-21-13-7-10(8-14(22-2)15(13)23-3)19-16(20)11-6-9(17)4-5-12(11)18/h4-8H,1-3H3,(H,19,20). The smallest absolute Gasteiger partial charge is 0.258 e. The van der Waals surface area contributed by atoms with Gasteiger partial charge in [0.15, 0.2) is 11.5 Å². The minimum absolute atomic E-state index is 0.0758. The van der Waals surface area contributed by atoms with Crippen LogP contribution < -0.4 is 19.5 Å². The van der Waals surface area contributed by atoms with Crippen molar-refractivity contribution in [3.05, 3.63) is 46.2 Å². The van der Waals surface area contributed by atoms with Crippen molar-refractivity contribution in [3.63, 3.8) is 0 Å². The van der Waals surface area contributed by atoms with E-state index in [9.17, 15) is 9.18 Å². The van der Waals surface area contributed by atoms with Gasteiger partial charge in [-0.05, 0) is 18.2 Å². The molecular formula is C16H15BrFNO4. The van der Waals surface area contributed by atoms with E-state index in [2.05, 4.69) is 21.2 Å². The third kappa shape index (κ3) is 3.73. The van der Waals surface area contributed by atoms with Gasteiger partial charge in [0.1, 0.15) is 5.82 Å². The fourth-order valence-electron chi connectivity index (χ4n) is 2.02. The van der Waals surface area contributed by atoms with Crippen molar-refractivity contribution in [2.45, 2.75) is 0 Å². The third-order valence-electron chi connectivity index (χ3n) is 3.10. The molecule has 2 aromatic rings. The van der Waals surface area contributed by atoms with Crippen LogP contribution in [0.3, 0.4) is 0 Å². The molecule has 1 amide bonds. The number of anilines is 1. The van der Waals surface area contributed by atoms with Crippen molar-refractivity contribution in [2.24, 2.45) is 0 Å². The Morgan fingerprint density at radius 2 is 1.65 bits per heavy atom. The maximum Gasteiger partial charge on any atom is 0.258 e. The van der Waals surface area contributed by atoms with E-state index in [1.807, 2.05) is 0 Å². The van der Waals surface area contributed by atoms with Crippen LogP contribution in [0.1, 0.15) is 10.4 Å². The first-order valence-corrected chi connectivity index (χ1v) is 7.35. The lowest BCUT2D eigenvalue weighted by Gasteiger charge is -2.14. The van der Waals surface area contributed by atoms with Crippen molar-refractivity contribution in [1.82, 2.24) is 0 Å². The number of methoxy groups -OCH3 is 3. The maximum absolute atomic E-state index is 13.8. The fourth-order valence-corrected chi connectivity index (χ4v) is 2.38. The lowest BCUT2D eigenvalue weighted by molar-refractivity contribution is 0.102. The van der Waals surface area contributed by atoms with Crippen molar-refractivity contribution in [1.29, 1.82) is 0 Å². The van der Waals surface area contributed by atoms with Crippen molar-refractivity contribution >= 4 is 27.5 Å². The second kappa shape index (κ2) is 7.32. The first-order valence-electron chi connectivity index (χ1n) is 6.56. The summed E-state index contributed by atoms with van der Waals surface area (Å²) in [6.07, 6.45) is 0. The van der Waals surface area contributed by atoms with Gasteiger partial charge in [0.05, 0.1) is 26.9 Å². The summed E-state index contributed by atoms with van der Waals surface area (Å²) in [5.41, 5.74) is 0.317. The molecule has 7 heteroatoms. The number of carbonyl (C=O) groups excluding carboxylic acids is 1. The van der Waals surface area contributed by atoms with Gasteiger partial charge in [-0.25, -0.2) is 4.39 Å². The van der Waals surface area contributed by atoms with Gasteiger partial charge in [0.2, 0.25) is 5.75 Å². The molecule has 2 rings (SSSR count). The average Bonchev–Trinajstić information content (AvgIpc) is 2.55. The molecule has 0 fully saturated rings. The van der Waals surface area contributed by atoms with E-state index >= 15 is 0 Å². The highest BCUT2D eigenvalue weighted by Crippen LogP contribution is 2.40. The Balaban J connectivity index is 2.36. The first-order chi connectivity index (χ1) is 11.0. The fraction of sp³-hybridized carbons (Fsp3) is 0.188. The van der Waals surface area contributed by atoms with Gasteiger partial charge in [-0.1, -0.05) is 15.9 Å². The second-order valence-electron chi connectivity index (χ2n) is 4.49. The number of benzene rings is 2. The molecular weight excluding hydrogens is 369 g/mol. The lowest BCUT2D eigenvalue weighted by Crippen LogP contribution is -2.14. The van der Waals surface area contributed by atoms with Gasteiger partial charge >= 0.3 is 0 Å². The van der Waals surface area contributed by atoms with Crippen LogP contribution in [0.25, 0.3) is 0 Å². The lowest BCUT2D eigenvalue weighted by atomic mass is 10.2. The highest BCUT2D eigenvalue weighted by atomic mass is 79.9. The molecule has 0 aliphatic rings. The number of carbonyl (C=O) groups is 1. The van der Waals surface area contributed by atoms with Crippen molar-refractivity contribution in [3.8, 4) is 17.2 Å². The Labute approximate surface area is 141 Å². The van der Waals surface area contributed by atoms with Gasteiger partial charge in [0, 0.05) is 22.3 Å². The predicted molar refractivity (Wildman–Crippen MR) is 88.2 cm³/mol. The van der Waals surface area contributed by atoms with Crippen LogP contribution in [0.2, 0.25) is 0 Å². The molecule has 0 saturated carbocycles. The monoisotopic (exact) mass is 383 g/mol. The Hall–Kier alpha value is -2.28. The molecule has 23 heavy (non-hydrogen) atoms. The van der Waals surface area contributed by atoms with Crippen LogP contribution >= 0.6 is 15.9 Å². The van der Waals surface area contributed by atoms with Gasteiger partial charge in [-0.2, -0.15) is 0 Å². The summed E-state index contributed by atoms with van der Waals surface area (Å²) in [5, 5.41) is 2.61. The van der Waals surface area contributed by atoms with Gasteiger partial charge in [-0.15, -0.1) is 0 Å². The average molecular weight is 384 g/mol. The summed E-state index contributed by atoms with van der Waals surface area (Å²) in [5.74, 6) is -0.0217. The molecule has 0 bridgehead atoms. The molecule has 0 aromatic heterocycles. The zero-order valence-corrected chi connectivity index (χ0v) is 14.4. The Bertz CT molecular complexity index is 711. The van der Waals surface area contributed by atoms with E-state index in [4.69, 9.17) is 14.2 Å². The van der Waals surface area contributed by atoms with Gasteiger partial charge in [0.25, 0.3) is 5.91 Å². The van der Waals surface area contributed by atoms with Crippen molar-refractivity contribution < 1.29 is 23.4 Å². The molecule has 0 heterocycles. The normalized spacial score (nSPS) is 10.1. The zero-order chi connectivity index (χ0) is 17.0. The quantitative estimate of drug-likeness (QED) is 0.851. The summed E-state index contributed by atoms with van der Waals surface area (Å²) in [7, 11) is 4.42. The Kier molecular flexibility index (Phi) is 5.44. The molecule has 5 nitrogen and oxygen atoms in total. The largest absolute Gasteiger partial charge is 0.493 e. The van der Waals surface area contributed by atoms with E-state index < -0.39 is 11.7 Å². The minimum atomic E-state index is -0.613. The van der Waals surface area contributed by atoms with Gasteiger partial charge in [-0.3, -0.25) is 4.79 Å². The summed E-state index contributed by atoms with van der Waals surface area (Å²) >= 11 is 3.21. The zero-order valence-electron chi connectivity index (χ0n) is 12.8. The first kappa shape index (κ1) is 17.1. The van der Waals surface area contributed by atoms with Gasteiger partial charge < -0.3 is 19.5 Å². The third-order valence-corrected chi connectivity index (χ3v) is 3.59. The Morgan fingerprint density at radius 3 is 2.17 bits per heavy atom. The number of rotatable bonds is 5. The molecule has 0 aliphatic carbocycles. The molecule has 2 aromatic carbocycles. The van der Waals surface area contributed by atoms with Crippen LogP contribution in [-0.2, 0) is 0 Å². The van der Waals surface area contributed by atoms with Crippen molar-refractivity contribution in [2.75, 3.05) is 26.6 Å². The maximum atomic E-state index is 13.8. The van der Waals surface area contributed by atoms with E-state index in [1.54, 1.807) is 12.1 Å². The summed E-state index contributed by atoms with van der Waals surface area (Å²) < 4.78 is 30.0. The number of hydrogen-bond donors (Lipinski definition) is 1. The van der Waals surface area contributed by atoms with Crippen LogP contribution in [0.15, 0.2) is 34.8 Å². The van der Waals surface area contributed by atoms with E-state index in [0.717, 1.165) is 0 Å². The molecule has 0 atom stereocenters. The van der Waals surface area contributed by atoms with Crippen LogP contribution in [0, 0.1) is 5.82 Å². The molecule has 0 aliphatic heterocycles. The summed E-state index contributed by atoms with van der Waals surface area (Å²) in [6.45, 7) is 0. The number of ether oxygens (including phenoxy) is 3. The molecule has 1 N–H and O–H groups in total. The number of hydrogen-bond acceptors (Lipinski definition) is 4. The second-order valence-corrected chi connectivity index (χ2v) is 5.41. The van der Waals surface area contributed by atoms with Crippen LogP contribution in [0.4, 0.5) is 10.1 Å².